The Morgan fingerprint density at radius 1 is 1.10 bits per heavy atom. The molecule has 0 amide bonds. The van der Waals surface area contributed by atoms with Crippen molar-refractivity contribution in [2.45, 2.75) is 52.2 Å². The van der Waals surface area contributed by atoms with Crippen LogP contribution < -0.4 is 10.6 Å². The van der Waals surface area contributed by atoms with Gasteiger partial charge in [-0.1, -0.05) is 51.6 Å². The topological polar surface area (TPSA) is 24.1 Å². The van der Waals surface area contributed by atoms with E-state index < -0.39 is 5.67 Å². The Labute approximate surface area is 128 Å². The summed E-state index contributed by atoms with van der Waals surface area (Å²) in [6, 6.07) is 8.51. The Balaban J connectivity index is 2.43. The number of rotatable bonds is 7. The van der Waals surface area contributed by atoms with E-state index >= 15 is 0 Å². The first-order valence-corrected chi connectivity index (χ1v) is 7.49. The molecule has 0 radical (unpaired) electrons. The van der Waals surface area contributed by atoms with Crippen LogP contribution in [0.2, 0.25) is 0 Å². The van der Waals surface area contributed by atoms with E-state index in [-0.39, 0.29) is 12.0 Å². The van der Waals surface area contributed by atoms with Crippen molar-refractivity contribution in [1.29, 1.82) is 0 Å². The van der Waals surface area contributed by atoms with Crippen LogP contribution in [-0.4, -0.2) is 18.8 Å². The van der Waals surface area contributed by atoms with Gasteiger partial charge < -0.3 is 10.6 Å². The van der Waals surface area contributed by atoms with Gasteiger partial charge in [-0.2, -0.15) is 0 Å². The summed E-state index contributed by atoms with van der Waals surface area (Å²) in [5, 5.41) is 6.13. The Morgan fingerprint density at radius 2 is 1.67 bits per heavy atom. The van der Waals surface area contributed by atoms with Crippen molar-refractivity contribution in [3.63, 3.8) is 0 Å². The van der Waals surface area contributed by atoms with Crippen molar-refractivity contribution >= 4 is 0 Å². The quantitative estimate of drug-likeness (QED) is 0.796. The standard InChI is InChI=1S/C18H29FN2/c1-14(2)21-13-18(6,19)12-20-11-15-7-9-16(10-8-15)17(3,4)5/h7-10,20-21H,1,11-13H2,2-6H3. The zero-order valence-electron chi connectivity index (χ0n) is 14.0. The Hall–Kier alpha value is -1.35. The summed E-state index contributed by atoms with van der Waals surface area (Å²) in [5.74, 6) is 0. The maximum atomic E-state index is 14.2. The first-order valence-electron chi connectivity index (χ1n) is 7.49. The smallest absolute Gasteiger partial charge is 0.137 e. The molecule has 1 unspecified atom stereocenters. The summed E-state index contributed by atoms with van der Waals surface area (Å²) in [6.07, 6.45) is 0. The molecule has 1 rings (SSSR count). The van der Waals surface area contributed by atoms with Crippen molar-refractivity contribution < 1.29 is 4.39 Å². The average molecular weight is 292 g/mol. The SMILES string of the molecule is C=C(C)NCC(C)(F)CNCc1ccc(C(C)(C)C)cc1. The van der Waals surface area contributed by atoms with Gasteiger partial charge in [-0.15, -0.1) is 0 Å². The summed E-state index contributed by atoms with van der Waals surface area (Å²) in [6.45, 7) is 15.0. The fourth-order valence-electron chi connectivity index (χ4n) is 1.99. The fourth-order valence-corrected chi connectivity index (χ4v) is 1.99. The third-order valence-corrected chi connectivity index (χ3v) is 3.40. The molecule has 3 heteroatoms. The van der Waals surface area contributed by atoms with Gasteiger partial charge in [0, 0.05) is 25.3 Å². The third kappa shape index (κ3) is 6.76. The van der Waals surface area contributed by atoms with E-state index in [0.717, 1.165) is 5.70 Å². The summed E-state index contributed by atoms with van der Waals surface area (Å²) >= 11 is 0. The summed E-state index contributed by atoms with van der Waals surface area (Å²) in [5.41, 5.74) is 2.15. The minimum absolute atomic E-state index is 0.164. The van der Waals surface area contributed by atoms with Crippen LogP contribution in [-0.2, 0) is 12.0 Å². The number of nitrogens with one attached hydrogen (secondary N) is 2. The molecule has 0 aliphatic carbocycles. The number of halogens is 1. The Kier molecular flexibility index (Phi) is 5.97. The maximum absolute atomic E-state index is 14.2. The van der Waals surface area contributed by atoms with E-state index in [2.05, 4.69) is 62.2 Å². The zero-order chi connectivity index (χ0) is 16.1. The Morgan fingerprint density at radius 3 is 2.14 bits per heavy atom. The largest absolute Gasteiger partial charge is 0.386 e. The highest BCUT2D eigenvalue weighted by Gasteiger charge is 2.22. The van der Waals surface area contributed by atoms with E-state index in [9.17, 15) is 4.39 Å². The maximum Gasteiger partial charge on any atom is 0.137 e. The molecule has 0 fully saturated rings. The van der Waals surface area contributed by atoms with Crippen LogP contribution >= 0.6 is 0 Å². The van der Waals surface area contributed by atoms with Crippen molar-refractivity contribution in [3.8, 4) is 0 Å². The van der Waals surface area contributed by atoms with Crippen molar-refractivity contribution in [2.75, 3.05) is 13.1 Å². The monoisotopic (exact) mass is 292 g/mol. The third-order valence-electron chi connectivity index (χ3n) is 3.40. The van der Waals surface area contributed by atoms with Crippen molar-refractivity contribution in [1.82, 2.24) is 10.6 Å². The second-order valence-electron chi connectivity index (χ2n) is 7.10. The normalized spacial score (nSPS) is 14.6. The highest BCUT2D eigenvalue weighted by molar-refractivity contribution is 5.27. The van der Waals surface area contributed by atoms with Gasteiger partial charge in [-0.25, -0.2) is 4.39 Å². The van der Waals surface area contributed by atoms with Gasteiger partial charge in [0.15, 0.2) is 0 Å². The molecule has 2 nitrogen and oxygen atoms in total. The van der Waals surface area contributed by atoms with Crippen LogP contribution in [0.4, 0.5) is 4.39 Å². The first-order chi connectivity index (χ1) is 9.60. The summed E-state index contributed by atoms with van der Waals surface area (Å²) in [4.78, 5) is 0. The molecule has 0 spiro atoms. The predicted molar refractivity (Wildman–Crippen MR) is 89.2 cm³/mol. The minimum atomic E-state index is -1.29. The first kappa shape index (κ1) is 17.7. The number of hydrogen-bond acceptors (Lipinski definition) is 2. The van der Waals surface area contributed by atoms with Crippen LogP contribution in [0.15, 0.2) is 36.5 Å². The molecule has 118 valence electrons. The molecule has 0 aliphatic heterocycles. The van der Waals surface area contributed by atoms with Crippen LogP contribution in [0.3, 0.4) is 0 Å². The van der Waals surface area contributed by atoms with Gasteiger partial charge in [0.05, 0.1) is 0 Å². The molecule has 0 aromatic heterocycles. The van der Waals surface area contributed by atoms with Crippen LogP contribution in [0, 0.1) is 0 Å². The molecular formula is C18H29FN2. The van der Waals surface area contributed by atoms with Crippen LogP contribution in [0.25, 0.3) is 0 Å². The highest BCUT2D eigenvalue weighted by Crippen LogP contribution is 2.22. The molecule has 1 aromatic carbocycles. The molecule has 1 atom stereocenters. The number of hydrogen-bond donors (Lipinski definition) is 2. The van der Waals surface area contributed by atoms with Gasteiger partial charge in [-0.05, 0) is 30.4 Å². The lowest BCUT2D eigenvalue weighted by molar-refractivity contribution is 0.183. The summed E-state index contributed by atoms with van der Waals surface area (Å²) < 4.78 is 14.2. The van der Waals surface area contributed by atoms with Crippen LogP contribution in [0.1, 0.15) is 45.7 Å². The molecule has 1 aromatic rings. The Bertz CT molecular complexity index is 455. The lowest BCUT2D eigenvalue weighted by atomic mass is 9.87. The molecule has 0 aliphatic rings. The van der Waals surface area contributed by atoms with Gasteiger partial charge in [0.2, 0.25) is 0 Å². The second kappa shape index (κ2) is 7.08. The van der Waals surface area contributed by atoms with E-state index in [0.29, 0.717) is 13.1 Å². The van der Waals surface area contributed by atoms with Crippen LogP contribution in [0.5, 0.6) is 0 Å². The minimum Gasteiger partial charge on any atom is -0.386 e. The predicted octanol–water partition coefficient (Wildman–Crippen LogP) is 3.93. The summed E-state index contributed by atoms with van der Waals surface area (Å²) in [7, 11) is 0. The molecule has 0 heterocycles. The lowest BCUT2D eigenvalue weighted by Crippen LogP contribution is -2.41. The highest BCUT2D eigenvalue weighted by atomic mass is 19.1. The van der Waals surface area contributed by atoms with E-state index in [1.807, 2.05) is 6.92 Å². The van der Waals surface area contributed by atoms with Gasteiger partial charge in [0.1, 0.15) is 5.67 Å². The molecular weight excluding hydrogens is 263 g/mol. The zero-order valence-corrected chi connectivity index (χ0v) is 14.0. The van der Waals surface area contributed by atoms with E-state index in [1.165, 1.54) is 11.1 Å². The fraction of sp³-hybridized carbons (Fsp3) is 0.556. The lowest BCUT2D eigenvalue weighted by Gasteiger charge is -2.22. The van der Waals surface area contributed by atoms with E-state index in [1.54, 1.807) is 6.92 Å². The molecule has 0 saturated carbocycles. The second-order valence-corrected chi connectivity index (χ2v) is 7.10. The molecule has 21 heavy (non-hydrogen) atoms. The van der Waals surface area contributed by atoms with Crippen molar-refractivity contribution in [3.05, 3.63) is 47.7 Å². The number of allylic oxidation sites excluding steroid dienone is 1. The average Bonchev–Trinajstić information content (AvgIpc) is 2.36. The molecule has 0 saturated heterocycles. The van der Waals surface area contributed by atoms with Crippen molar-refractivity contribution in [2.24, 2.45) is 0 Å². The molecule has 0 bridgehead atoms. The van der Waals surface area contributed by atoms with E-state index in [4.69, 9.17) is 0 Å². The van der Waals surface area contributed by atoms with Gasteiger partial charge in [0.25, 0.3) is 0 Å². The number of alkyl halides is 1. The number of benzene rings is 1. The molecule has 2 N–H and O–H groups in total. The van der Waals surface area contributed by atoms with Gasteiger partial charge >= 0.3 is 0 Å². The van der Waals surface area contributed by atoms with Gasteiger partial charge in [-0.3, -0.25) is 0 Å².